The Balaban J connectivity index is 1.22. The molecule has 0 radical (unpaired) electrons. The van der Waals surface area contributed by atoms with Crippen LogP contribution in [-0.2, 0) is 10.0 Å². The van der Waals surface area contributed by atoms with Crippen molar-refractivity contribution in [3.05, 3.63) is 90.6 Å². The van der Waals surface area contributed by atoms with Crippen molar-refractivity contribution >= 4 is 43.9 Å². The Bertz CT molecular complexity index is 1540. The molecule has 1 amide bonds. The van der Waals surface area contributed by atoms with Crippen LogP contribution in [0.3, 0.4) is 0 Å². The van der Waals surface area contributed by atoms with Gasteiger partial charge in [0, 0.05) is 42.5 Å². The number of nitrogens with zero attached hydrogens (tertiary/aromatic N) is 3. The average molecular weight is 499 g/mol. The van der Waals surface area contributed by atoms with Gasteiger partial charge in [-0.25, -0.2) is 8.42 Å². The van der Waals surface area contributed by atoms with Crippen LogP contribution in [0.4, 0.5) is 17.1 Å². The van der Waals surface area contributed by atoms with E-state index in [0.717, 1.165) is 35.8 Å². The summed E-state index contributed by atoms with van der Waals surface area (Å²) in [4.78, 5) is 22.0. The van der Waals surface area contributed by atoms with Gasteiger partial charge in [-0.2, -0.15) is 0 Å². The molecule has 182 valence electrons. The summed E-state index contributed by atoms with van der Waals surface area (Å²) >= 11 is 0. The zero-order chi connectivity index (χ0) is 24.7. The average Bonchev–Trinajstić information content (AvgIpc) is 3.72. The number of sulfonamides is 1. The van der Waals surface area contributed by atoms with Gasteiger partial charge in [-0.05, 0) is 67.3 Å². The molecule has 7 nitrogen and oxygen atoms in total. The number of pyridine rings is 1. The van der Waals surface area contributed by atoms with Crippen molar-refractivity contribution in [3.8, 4) is 0 Å². The maximum atomic E-state index is 13.4. The molecule has 1 saturated carbocycles. The predicted octanol–water partition coefficient (Wildman–Crippen LogP) is 4.91. The third-order valence-electron chi connectivity index (χ3n) is 6.80. The van der Waals surface area contributed by atoms with Crippen LogP contribution in [0.1, 0.15) is 23.2 Å². The summed E-state index contributed by atoms with van der Waals surface area (Å²) in [5.74, 6) is 0.669. The molecule has 6 rings (SSSR count). The number of hydrogen-bond acceptors (Lipinski definition) is 5. The molecule has 0 bridgehead atoms. The SMILES string of the molecule is O=C(c1ccc(NS(=O)(=O)c2cccc3cccnc23)cc1)N1CCN(CC2CC2)c2ccccc21. The molecule has 36 heavy (non-hydrogen) atoms. The minimum absolute atomic E-state index is 0.0961. The van der Waals surface area contributed by atoms with E-state index in [9.17, 15) is 13.2 Å². The van der Waals surface area contributed by atoms with Gasteiger partial charge in [0.25, 0.3) is 15.9 Å². The van der Waals surface area contributed by atoms with Gasteiger partial charge in [0.2, 0.25) is 0 Å². The Hall–Kier alpha value is -3.91. The molecule has 1 N–H and O–H groups in total. The fourth-order valence-electron chi connectivity index (χ4n) is 4.77. The number of nitrogens with one attached hydrogen (secondary N) is 1. The standard InChI is InChI=1S/C28H26N4O3S/c33-28(32-18-17-31(19-20-10-11-20)24-7-1-2-8-25(24)32)22-12-14-23(15-13-22)30-36(34,35)26-9-3-5-21-6-4-16-29-27(21)26/h1-9,12-16,20,30H,10-11,17-19H2. The van der Waals surface area contributed by atoms with Crippen LogP contribution in [0, 0.1) is 5.92 Å². The Kier molecular flexibility index (Phi) is 5.60. The van der Waals surface area contributed by atoms with Gasteiger partial charge in [-0.3, -0.25) is 14.5 Å². The Labute approximate surface area is 210 Å². The molecule has 1 aromatic heterocycles. The summed E-state index contributed by atoms with van der Waals surface area (Å²) in [5, 5.41) is 0.749. The summed E-state index contributed by atoms with van der Waals surface area (Å²) in [6, 6.07) is 23.3. The van der Waals surface area contributed by atoms with Gasteiger partial charge in [0.1, 0.15) is 4.90 Å². The lowest BCUT2D eigenvalue weighted by Gasteiger charge is -2.38. The first-order chi connectivity index (χ1) is 17.5. The second-order valence-corrected chi connectivity index (χ2v) is 11.0. The van der Waals surface area contributed by atoms with E-state index in [0.29, 0.717) is 23.3 Å². The normalized spacial score (nSPS) is 15.6. The van der Waals surface area contributed by atoms with E-state index in [1.54, 1.807) is 42.6 Å². The first-order valence-electron chi connectivity index (χ1n) is 12.1. The predicted molar refractivity (Wildman–Crippen MR) is 142 cm³/mol. The minimum atomic E-state index is -3.86. The lowest BCUT2D eigenvalue weighted by Crippen LogP contribution is -2.44. The number of amides is 1. The molecule has 4 aromatic rings. The molecule has 1 aliphatic heterocycles. The van der Waals surface area contributed by atoms with Crippen molar-refractivity contribution in [2.75, 3.05) is 34.2 Å². The van der Waals surface area contributed by atoms with Gasteiger partial charge in [0.05, 0.1) is 16.9 Å². The van der Waals surface area contributed by atoms with Crippen molar-refractivity contribution in [3.63, 3.8) is 0 Å². The highest BCUT2D eigenvalue weighted by Crippen LogP contribution is 2.38. The molecular weight excluding hydrogens is 472 g/mol. The lowest BCUT2D eigenvalue weighted by molar-refractivity contribution is 0.0986. The number of rotatable bonds is 6. The molecule has 0 unspecified atom stereocenters. The van der Waals surface area contributed by atoms with E-state index in [-0.39, 0.29) is 10.8 Å². The fraction of sp³-hybridized carbons (Fsp3) is 0.214. The summed E-state index contributed by atoms with van der Waals surface area (Å²) < 4.78 is 28.8. The number of aromatic nitrogens is 1. The minimum Gasteiger partial charge on any atom is -0.368 e. The molecular formula is C28H26N4O3S. The maximum absolute atomic E-state index is 13.4. The largest absolute Gasteiger partial charge is 0.368 e. The number of hydrogen-bond donors (Lipinski definition) is 1. The maximum Gasteiger partial charge on any atom is 0.264 e. The highest BCUT2D eigenvalue weighted by molar-refractivity contribution is 7.93. The van der Waals surface area contributed by atoms with Crippen LogP contribution in [0.25, 0.3) is 10.9 Å². The van der Waals surface area contributed by atoms with Crippen molar-refractivity contribution in [1.82, 2.24) is 4.98 Å². The van der Waals surface area contributed by atoms with Gasteiger partial charge in [0.15, 0.2) is 0 Å². The first kappa shape index (κ1) is 22.5. The van der Waals surface area contributed by atoms with Crippen molar-refractivity contribution in [1.29, 1.82) is 0 Å². The van der Waals surface area contributed by atoms with Crippen LogP contribution in [0.15, 0.2) is 90.0 Å². The van der Waals surface area contributed by atoms with E-state index in [2.05, 4.69) is 20.7 Å². The van der Waals surface area contributed by atoms with Gasteiger partial charge in [-0.15, -0.1) is 0 Å². The molecule has 3 aromatic carbocycles. The molecule has 8 heteroatoms. The third kappa shape index (κ3) is 4.28. The van der Waals surface area contributed by atoms with Crippen molar-refractivity contribution < 1.29 is 13.2 Å². The molecule has 0 spiro atoms. The van der Waals surface area contributed by atoms with Crippen molar-refractivity contribution in [2.24, 2.45) is 5.92 Å². The van der Waals surface area contributed by atoms with Crippen LogP contribution in [0.2, 0.25) is 0 Å². The second kappa shape index (κ2) is 8.95. The smallest absolute Gasteiger partial charge is 0.264 e. The summed E-state index contributed by atoms with van der Waals surface area (Å²) in [6.07, 6.45) is 4.15. The quantitative estimate of drug-likeness (QED) is 0.408. The van der Waals surface area contributed by atoms with Gasteiger partial charge >= 0.3 is 0 Å². The monoisotopic (exact) mass is 498 g/mol. The zero-order valence-electron chi connectivity index (χ0n) is 19.7. The second-order valence-electron chi connectivity index (χ2n) is 9.35. The van der Waals surface area contributed by atoms with Crippen LogP contribution >= 0.6 is 0 Å². The number of carbonyl (C=O) groups is 1. The van der Waals surface area contributed by atoms with Gasteiger partial charge in [-0.1, -0.05) is 30.3 Å². The highest BCUT2D eigenvalue weighted by Gasteiger charge is 2.31. The molecule has 0 saturated heterocycles. The number of carbonyl (C=O) groups excluding carboxylic acids is 1. The van der Waals surface area contributed by atoms with E-state index >= 15 is 0 Å². The fourth-order valence-corrected chi connectivity index (χ4v) is 6.01. The summed E-state index contributed by atoms with van der Waals surface area (Å²) in [5.41, 5.74) is 3.32. The molecule has 1 fully saturated rings. The lowest BCUT2D eigenvalue weighted by atomic mass is 10.1. The summed E-state index contributed by atoms with van der Waals surface area (Å²) in [6.45, 7) is 2.46. The topological polar surface area (TPSA) is 82.6 Å². The summed E-state index contributed by atoms with van der Waals surface area (Å²) in [7, 11) is -3.86. The van der Waals surface area contributed by atoms with E-state index < -0.39 is 10.0 Å². The van der Waals surface area contributed by atoms with E-state index in [4.69, 9.17) is 0 Å². The third-order valence-corrected chi connectivity index (χ3v) is 8.21. The number of benzene rings is 3. The highest BCUT2D eigenvalue weighted by atomic mass is 32.2. The zero-order valence-corrected chi connectivity index (χ0v) is 20.5. The first-order valence-corrected chi connectivity index (χ1v) is 13.6. The molecule has 0 atom stereocenters. The molecule has 2 aliphatic rings. The Morgan fingerprint density at radius 3 is 2.42 bits per heavy atom. The van der Waals surface area contributed by atoms with Crippen molar-refractivity contribution in [2.45, 2.75) is 17.7 Å². The van der Waals surface area contributed by atoms with Crippen LogP contribution in [0.5, 0.6) is 0 Å². The molecule has 1 aliphatic carbocycles. The molecule has 2 heterocycles. The number of para-hydroxylation sites is 3. The van der Waals surface area contributed by atoms with Gasteiger partial charge < -0.3 is 9.80 Å². The van der Waals surface area contributed by atoms with Crippen LogP contribution < -0.4 is 14.5 Å². The Morgan fingerprint density at radius 1 is 0.889 bits per heavy atom. The van der Waals surface area contributed by atoms with E-state index in [1.165, 1.54) is 18.9 Å². The number of anilines is 3. The van der Waals surface area contributed by atoms with E-state index in [1.807, 2.05) is 35.2 Å². The number of fused-ring (bicyclic) bond motifs is 2. The van der Waals surface area contributed by atoms with Crippen LogP contribution in [-0.4, -0.2) is 38.9 Å². The Morgan fingerprint density at radius 2 is 1.64 bits per heavy atom.